The number of carbonyl (C=O) groups is 1. The predicted octanol–water partition coefficient (Wildman–Crippen LogP) is 3.64. The quantitative estimate of drug-likeness (QED) is 0.779. The molecule has 0 spiro atoms. The van der Waals surface area contributed by atoms with Gasteiger partial charge in [0.15, 0.2) is 0 Å². The zero-order valence-electron chi connectivity index (χ0n) is 15.0. The molecule has 1 aliphatic carbocycles. The highest BCUT2D eigenvalue weighted by atomic mass is 32.2. The van der Waals surface area contributed by atoms with Gasteiger partial charge in [0.05, 0.1) is 4.90 Å². The molecule has 0 unspecified atom stereocenters. The van der Waals surface area contributed by atoms with E-state index >= 15 is 0 Å². The van der Waals surface area contributed by atoms with Crippen LogP contribution in [0, 0.1) is 5.92 Å². The van der Waals surface area contributed by atoms with Crippen molar-refractivity contribution in [2.24, 2.45) is 5.92 Å². The van der Waals surface area contributed by atoms with Crippen LogP contribution in [-0.2, 0) is 21.4 Å². The third-order valence-corrected chi connectivity index (χ3v) is 5.88. The number of anilines is 1. The molecule has 0 aromatic heterocycles. The SMILES string of the molecule is CC(C)c1ccc(S(=O)(=O)NCc2cccc(NC(=O)C3CC3)c2)cc1. The van der Waals surface area contributed by atoms with E-state index in [1.165, 1.54) is 0 Å². The lowest BCUT2D eigenvalue weighted by Crippen LogP contribution is -2.23. The first-order valence-corrected chi connectivity index (χ1v) is 10.3. The number of hydrogen-bond donors (Lipinski definition) is 2. The monoisotopic (exact) mass is 372 g/mol. The molecule has 1 amide bonds. The fourth-order valence-corrected chi connectivity index (χ4v) is 3.66. The van der Waals surface area contributed by atoms with Crippen LogP contribution in [0.3, 0.4) is 0 Å². The molecule has 0 aliphatic heterocycles. The average molecular weight is 372 g/mol. The van der Waals surface area contributed by atoms with Gasteiger partial charge < -0.3 is 5.32 Å². The highest BCUT2D eigenvalue weighted by Gasteiger charge is 2.29. The molecule has 3 rings (SSSR count). The molecule has 2 N–H and O–H groups in total. The second-order valence-electron chi connectivity index (χ2n) is 7.01. The molecule has 26 heavy (non-hydrogen) atoms. The smallest absolute Gasteiger partial charge is 0.240 e. The average Bonchev–Trinajstić information content (AvgIpc) is 3.46. The fraction of sp³-hybridized carbons (Fsp3) is 0.350. The first-order valence-electron chi connectivity index (χ1n) is 8.84. The molecule has 0 radical (unpaired) electrons. The van der Waals surface area contributed by atoms with Gasteiger partial charge in [0.2, 0.25) is 15.9 Å². The Balaban J connectivity index is 1.64. The van der Waals surface area contributed by atoms with E-state index in [1.807, 2.05) is 30.3 Å². The lowest BCUT2D eigenvalue weighted by molar-refractivity contribution is -0.117. The Kier molecular flexibility index (Phi) is 5.44. The highest BCUT2D eigenvalue weighted by molar-refractivity contribution is 7.89. The summed E-state index contributed by atoms with van der Waals surface area (Å²) in [5, 5.41) is 2.87. The summed E-state index contributed by atoms with van der Waals surface area (Å²) in [5.41, 5.74) is 2.59. The van der Waals surface area contributed by atoms with Gasteiger partial charge in [0, 0.05) is 18.2 Å². The third kappa shape index (κ3) is 4.71. The summed E-state index contributed by atoms with van der Waals surface area (Å²) >= 11 is 0. The Morgan fingerprint density at radius 2 is 1.81 bits per heavy atom. The van der Waals surface area contributed by atoms with Crippen LogP contribution < -0.4 is 10.0 Å². The van der Waals surface area contributed by atoms with Crippen LogP contribution in [0.5, 0.6) is 0 Å². The van der Waals surface area contributed by atoms with Crippen molar-refractivity contribution in [3.63, 3.8) is 0 Å². The number of nitrogens with one attached hydrogen (secondary N) is 2. The Bertz CT molecular complexity index is 886. The van der Waals surface area contributed by atoms with E-state index in [0.717, 1.165) is 24.0 Å². The zero-order chi connectivity index (χ0) is 18.7. The van der Waals surface area contributed by atoms with Crippen molar-refractivity contribution in [3.05, 3.63) is 59.7 Å². The van der Waals surface area contributed by atoms with Gasteiger partial charge in [-0.1, -0.05) is 38.1 Å². The van der Waals surface area contributed by atoms with Crippen LogP contribution in [0.2, 0.25) is 0 Å². The van der Waals surface area contributed by atoms with E-state index < -0.39 is 10.0 Å². The maximum atomic E-state index is 12.5. The molecule has 5 nitrogen and oxygen atoms in total. The normalized spacial score (nSPS) is 14.4. The summed E-state index contributed by atoms with van der Waals surface area (Å²) in [4.78, 5) is 12.1. The number of benzene rings is 2. The van der Waals surface area contributed by atoms with E-state index in [9.17, 15) is 13.2 Å². The number of rotatable bonds is 7. The molecular formula is C20H24N2O3S. The molecule has 2 aromatic rings. The van der Waals surface area contributed by atoms with E-state index in [0.29, 0.717) is 11.6 Å². The van der Waals surface area contributed by atoms with Crippen molar-refractivity contribution in [1.29, 1.82) is 0 Å². The van der Waals surface area contributed by atoms with Crippen molar-refractivity contribution in [2.45, 2.75) is 44.0 Å². The van der Waals surface area contributed by atoms with Crippen LogP contribution in [-0.4, -0.2) is 14.3 Å². The van der Waals surface area contributed by atoms with Crippen molar-refractivity contribution in [2.75, 3.05) is 5.32 Å². The summed E-state index contributed by atoms with van der Waals surface area (Å²) in [5.74, 6) is 0.521. The lowest BCUT2D eigenvalue weighted by atomic mass is 10.0. The molecule has 1 saturated carbocycles. The fourth-order valence-electron chi connectivity index (χ4n) is 2.64. The van der Waals surface area contributed by atoms with Gasteiger partial charge in [0.25, 0.3) is 0 Å². The number of sulfonamides is 1. The van der Waals surface area contributed by atoms with Crippen molar-refractivity contribution in [1.82, 2.24) is 4.72 Å². The van der Waals surface area contributed by atoms with Gasteiger partial charge in [-0.3, -0.25) is 4.79 Å². The van der Waals surface area contributed by atoms with Crippen molar-refractivity contribution in [3.8, 4) is 0 Å². The van der Waals surface area contributed by atoms with E-state index in [4.69, 9.17) is 0 Å². The van der Waals surface area contributed by atoms with Gasteiger partial charge in [0.1, 0.15) is 0 Å². The third-order valence-electron chi connectivity index (χ3n) is 4.47. The van der Waals surface area contributed by atoms with Gasteiger partial charge in [-0.15, -0.1) is 0 Å². The summed E-state index contributed by atoms with van der Waals surface area (Å²) < 4.78 is 27.5. The van der Waals surface area contributed by atoms with Crippen molar-refractivity contribution < 1.29 is 13.2 Å². The first kappa shape index (κ1) is 18.6. The second-order valence-corrected chi connectivity index (χ2v) is 8.78. The maximum Gasteiger partial charge on any atom is 0.240 e. The first-order chi connectivity index (χ1) is 12.3. The van der Waals surface area contributed by atoms with Crippen LogP contribution in [0.15, 0.2) is 53.4 Å². The molecule has 0 atom stereocenters. The number of amides is 1. The van der Waals surface area contributed by atoms with Crippen LogP contribution in [0.1, 0.15) is 43.7 Å². The molecule has 1 aliphatic rings. The van der Waals surface area contributed by atoms with Crippen LogP contribution in [0.4, 0.5) is 5.69 Å². The Morgan fingerprint density at radius 3 is 2.42 bits per heavy atom. The molecule has 0 saturated heterocycles. The summed E-state index contributed by atoms with van der Waals surface area (Å²) in [6, 6.07) is 14.2. The largest absolute Gasteiger partial charge is 0.326 e. The minimum atomic E-state index is -3.58. The minimum Gasteiger partial charge on any atom is -0.326 e. The van der Waals surface area contributed by atoms with Gasteiger partial charge in [-0.2, -0.15) is 0 Å². The number of carbonyl (C=O) groups excluding carboxylic acids is 1. The van der Waals surface area contributed by atoms with E-state index in [1.54, 1.807) is 18.2 Å². The molecule has 138 valence electrons. The van der Waals surface area contributed by atoms with Gasteiger partial charge >= 0.3 is 0 Å². The molecule has 1 fully saturated rings. The maximum absolute atomic E-state index is 12.5. The highest BCUT2D eigenvalue weighted by Crippen LogP contribution is 2.30. The van der Waals surface area contributed by atoms with E-state index in [-0.39, 0.29) is 23.3 Å². The molecule has 0 bridgehead atoms. The second kappa shape index (κ2) is 7.60. The number of hydrogen-bond acceptors (Lipinski definition) is 3. The van der Waals surface area contributed by atoms with Crippen LogP contribution >= 0.6 is 0 Å². The summed E-state index contributed by atoms with van der Waals surface area (Å²) in [6.07, 6.45) is 1.89. The predicted molar refractivity (Wildman–Crippen MR) is 102 cm³/mol. The zero-order valence-corrected chi connectivity index (χ0v) is 15.8. The summed E-state index contributed by atoms with van der Waals surface area (Å²) in [6.45, 7) is 4.30. The van der Waals surface area contributed by atoms with Crippen LogP contribution in [0.25, 0.3) is 0 Å². The Labute approximate surface area is 154 Å². The minimum absolute atomic E-state index is 0.0352. The molecular weight excluding hydrogens is 348 g/mol. The Hall–Kier alpha value is -2.18. The molecule has 0 heterocycles. The standard InChI is InChI=1S/C20H24N2O3S/c1-14(2)16-8-10-19(11-9-16)26(24,25)21-13-15-4-3-5-18(12-15)22-20(23)17-6-7-17/h3-5,8-12,14,17,21H,6-7,13H2,1-2H3,(H,22,23). The summed E-state index contributed by atoms with van der Waals surface area (Å²) in [7, 11) is -3.58. The van der Waals surface area contributed by atoms with Gasteiger partial charge in [-0.25, -0.2) is 13.1 Å². The topological polar surface area (TPSA) is 75.3 Å². The molecule has 2 aromatic carbocycles. The molecule has 6 heteroatoms. The Morgan fingerprint density at radius 1 is 1.12 bits per heavy atom. The van der Waals surface area contributed by atoms with Crippen molar-refractivity contribution >= 4 is 21.6 Å². The van der Waals surface area contributed by atoms with Gasteiger partial charge in [-0.05, 0) is 54.2 Å². The van der Waals surface area contributed by atoms with E-state index in [2.05, 4.69) is 23.9 Å². The lowest BCUT2D eigenvalue weighted by Gasteiger charge is -2.10.